The maximum atomic E-state index is 12.4. The summed E-state index contributed by atoms with van der Waals surface area (Å²) in [4.78, 5) is 23.6. The Balaban J connectivity index is 2.21. The molecule has 0 saturated carbocycles. The fraction of sp³-hybridized carbons (Fsp3) is 0.190. The number of carbonyl (C=O) groups is 2. The Morgan fingerprint density at radius 3 is 2.48 bits per heavy atom. The molecule has 0 aliphatic rings. The van der Waals surface area contributed by atoms with Gasteiger partial charge in [-0.2, -0.15) is 5.26 Å². The molecule has 0 unspecified atom stereocenters. The smallest absolute Gasteiger partial charge is 0.343 e. The standard InChI is InChI=1S/C21H19ClN2O5/c1-3-28-19-11-14(4-9-18(19)29-13-20(25)27-2)10-15(12-23)21(26)24-17-7-5-16(22)6-8-17/h4-11H,3,13H2,1-2H3,(H,24,26)/b15-10-. The average molecular weight is 415 g/mol. The van der Waals surface area contributed by atoms with Crippen LogP contribution in [0.3, 0.4) is 0 Å². The van der Waals surface area contributed by atoms with Gasteiger partial charge in [-0.3, -0.25) is 4.79 Å². The highest BCUT2D eigenvalue weighted by atomic mass is 35.5. The number of rotatable bonds is 8. The molecule has 0 bridgehead atoms. The van der Waals surface area contributed by atoms with Crippen LogP contribution in [-0.4, -0.2) is 32.2 Å². The number of hydrogen-bond donors (Lipinski definition) is 1. The van der Waals surface area contributed by atoms with Gasteiger partial charge >= 0.3 is 5.97 Å². The van der Waals surface area contributed by atoms with Crippen LogP contribution in [0.2, 0.25) is 5.02 Å². The topological polar surface area (TPSA) is 97.6 Å². The van der Waals surface area contributed by atoms with Crippen molar-refractivity contribution in [2.24, 2.45) is 0 Å². The molecule has 0 aromatic heterocycles. The van der Waals surface area contributed by atoms with Gasteiger partial charge in [-0.05, 0) is 55.0 Å². The third-order valence-electron chi connectivity index (χ3n) is 3.62. The van der Waals surface area contributed by atoms with Crippen molar-refractivity contribution < 1.29 is 23.8 Å². The van der Waals surface area contributed by atoms with Crippen LogP contribution >= 0.6 is 11.6 Å². The van der Waals surface area contributed by atoms with Gasteiger partial charge in [0.05, 0.1) is 13.7 Å². The van der Waals surface area contributed by atoms with E-state index < -0.39 is 11.9 Å². The lowest BCUT2D eigenvalue weighted by Crippen LogP contribution is -2.13. The van der Waals surface area contributed by atoms with Crippen LogP contribution in [0.15, 0.2) is 48.0 Å². The zero-order valence-electron chi connectivity index (χ0n) is 15.9. The number of anilines is 1. The molecule has 150 valence electrons. The quantitative estimate of drug-likeness (QED) is 0.400. The van der Waals surface area contributed by atoms with E-state index in [1.807, 2.05) is 6.07 Å². The minimum Gasteiger partial charge on any atom is -0.490 e. The van der Waals surface area contributed by atoms with E-state index in [1.165, 1.54) is 13.2 Å². The zero-order chi connectivity index (χ0) is 21.2. The number of hydrogen-bond acceptors (Lipinski definition) is 6. The molecule has 0 heterocycles. The number of amides is 1. The van der Waals surface area contributed by atoms with Crippen molar-refractivity contribution in [1.82, 2.24) is 0 Å². The summed E-state index contributed by atoms with van der Waals surface area (Å²) in [6, 6.07) is 13.3. The summed E-state index contributed by atoms with van der Waals surface area (Å²) >= 11 is 5.82. The Kier molecular flexibility index (Phi) is 8.07. The van der Waals surface area contributed by atoms with Gasteiger partial charge in [0, 0.05) is 10.7 Å². The molecule has 0 aliphatic heterocycles. The largest absolute Gasteiger partial charge is 0.490 e. The molecule has 8 heteroatoms. The molecule has 1 N–H and O–H groups in total. The highest BCUT2D eigenvalue weighted by Gasteiger charge is 2.12. The van der Waals surface area contributed by atoms with Crippen molar-refractivity contribution in [3.63, 3.8) is 0 Å². The minimum absolute atomic E-state index is 0.0920. The first-order valence-electron chi connectivity index (χ1n) is 8.62. The predicted octanol–water partition coefficient (Wildman–Crippen LogP) is 3.84. The highest BCUT2D eigenvalue weighted by Crippen LogP contribution is 2.29. The van der Waals surface area contributed by atoms with Crippen molar-refractivity contribution in [1.29, 1.82) is 5.26 Å². The van der Waals surface area contributed by atoms with Gasteiger partial charge in [-0.15, -0.1) is 0 Å². The van der Waals surface area contributed by atoms with Crippen LogP contribution in [0.1, 0.15) is 12.5 Å². The first-order valence-corrected chi connectivity index (χ1v) is 8.99. The molecule has 0 radical (unpaired) electrons. The molecule has 1 amide bonds. The summed E-state index contributed by atoms with van der Waals surface area (Å²) in [5.74, 6) is -0.361. The number of benzene rings is 2. The summed E-state index contributed by atoms with van der Waals surface area (Å²) in [6.07, 6.45) is 1.43. The maximum absolute atomic E-state index is 12.4. The first-order chi connectivity index (χ1) is 14.0. The lowest BCUT2D eigenvalue weighted by atomic mass is 10.1. The fourth-order valence-electron chi connectivity index (χ4n) is 2.24. The molecule has 29 heavy (non-hydrogen) atoms. The van der Waals surface area contributed by atoms with E-state index in [4.69, 9.17) is 21.1 Å². The predicted molar refractivity (Wildman–Crippen MR) is 109 cm³/mol. The lowest BCUT2D eigenvalue weighted by Gasteiger charge is -2.12. The van der Waals surface area contributed by atoms with E-state index >= 15 is 0 Å². The summed E-state index contributed by atoms with van der Waals surface area (Å²) < 4.78 is 15.5. The molecule has 2 aromatic rings. The van der Waals surface area contributed by atoms with Gasteiger partial charge in [0.1, 0.15) is 11.6 Å². The van der Waals surface area contributed by atoms with E-state index in [2.05, 4.69) is 10.1 Å². The molecule has 0 atom stereocenters. The van der Waals surface area contributed by atoms with Crippen molar-refractivity contribution in [2.45, 2.75) is 6.92 Å². The number of carbonyl (C=O) groups excluding carboxylic acids is 2. The van der Waals surface area contributed by atoms with Gasteiger partial charge in [0.15, 0.2) is 18.1 Å². The molecule has 0 aliphatic carbocycles. The Bertz CT molecular complexity index is 949. The second kappa shape index (κ2) is 10.7. The number of nitrogens with one attached hydrogen (secondary N) is 1. The van der Waals surface area contributed by atoms with Gasteiger partial charge in [-0.25, -0.2) is 4.79 Å². The van der Waals surface area contributed by atoms with Crippen molar-refractivity contribution >= 4 is 35.2 Å². The first kappa shape index (κ1) is 21.8. The van der Waals surface area contributed by atoms with E-state index in [9.17, 15) is 14.9 Å². The number of ether oxygens (including phenoxy) is 3. The minimum atomic E-state index is -0.557. The van der Waals surface area contributed by atoms with Gasteiger partial charge < -0.3 is 19.5 Å². The molecule has 2 rings (SSSR count). The van der Waals surface area contributed by atoms with E-state index in [-0.39, 0.29) is 12.2 Å². The fourth-order valence-corrected chi connectivity index (χ4v) is 2.37. The van der Waals surface area contributed by atoms with E-state index in [0.717, 1.165) is 0 Å². The summed E-state index contributed by atoms with van der Waals surface area (Å²) in [5, 5.41) is 12.5. The Labute approximate surface area is 173 Å². The monoisotopic (exact) mass is 414 g/mol. The normalized spacial score (nSPS) is 10.6. The van der Waals surface area contributed by atoms with Crippen LogP contribution in [0, 0.1) is 11.3 Å². The number of nitrogens with zero attached hydrogens (tertiary/aromatic N) is 1. The van der Waals surface area contributed by atoms with E-state index in [0.29, 0.717) is 34.4 Å². The van der Waals surface area contributed by atoms with Crippen LogP contribution in [0.4, 0.5) is 5.69 Å². The third-order valence-corrected chi connectivity index (χ3v) is 3.87. The zero-order valence-corrected chi connectivity index (χ0v) is 16.7. The molecule has 2 aromatic carbocycles. The third kappa shape index (κ3) is 6.55. The van der Waals surface area contributed by atoms with Crippen molar-refractivity contribution in [3.8, 4) is 17.6 Å². The number of nitriles is 1. The summed E-state index contributed by atoms with van der Waals surface area (Å²) in [5.41, 5.74) is 0.981. The maximum Gasteiger partial charge on any atom is 0.343 e. The van der Waals surface area contributed by atoms with Gasteiger partial charge in [0.25, 0.3) is 5.91 Å². The molecular formula is C21H19ClN2O5. The second-order valence-corrected chi connectivity index (χ2v) is 6.07. The van der Waals surface area contributed by atoms with Crippen LogP contribution < -0.4 is 14.8 Å². The highest BCUT2D eigenvalue weighted by molar-refractivity contribution is 6.30. The molecule has 0 saturated heterocycles. The molecular weight excluding hydrogens is 396 g/mol. The number of methoxy groups -OCH3 is 1. The van der Waals surface area contributed by atoms with Gasteiger partial charge in [0.2, 0.25) is 0 Å². The lowest BCUT2D eigenvalue weighted by molar-refractivity contribution is -0.142. The van der Waals surface area contributed by atoms with Crippen molar-refractivity contribution in [2.75, 3.05) is 25.6 Å². The summed E-state index contributed by atoms with van der Waals surface area (Å²) in [6.45, 7) is 1.90. The molecule has 0 spiro atoms. The Hall–Kier alpha value is -3.50. The average Bonchev–Trinajstić information content (AvgIpc) is 2.72. The van der Waals surface area contributed by atoms with Crippen LogP contribution in [0.5, 0.6) is 11.5 Å². The Morgan fingerprint density at radius 2 is 1.86 bits per heavy atom. The number of halogens is 1. The van der Waals surface area contributed by atoms with E-state index in [1.54, 1.807) is 49.4 Å². The molecule has 0 fully saturated rings. The molecule has 7 nitrogen and oxygen atoms in total. The SMILES string of the molecule is CCOc1cc(/C=C(/C#N)C(=O)Nc2ccc(Cl)cc2)ccc1OCC(=O)OC. The van der Waals surface area contributed by atoms with Crippen LogP contribution in [-0.2, 0) is 14.3 Å². The summed E-state index contributed by atoms with van der Waals surface area (Å²) in [7, 11) is 1.27. The Morgan fingerprint density at radius 1 is 1.14 bits per heavy atom. The van der Waals surface area contributed by atoms with Gasteiger partial charge in [-0.1, -0.05) is 17.7 Å². The van der Waals surface area contributed by atoms with Crippen molar-refractivity contribution in [3.05, 3.63) is 58.6 Å². The second-order valence-electron chi connectivity index (χ2n) is 5.63. The number of esters is 1. The van der Waals surface area contributed by atoms with Crippen LogP contribution in [0.25, 0.3) is 6.08 Å².